The number of nitrogens with zero attached hydrogens (tertiary/aromatic N) is 1. The van der Waals surface area contributed by atoms with E-state index in [1.54, 1.807) is 24.3 Å². The van der Waals surface area contributed by atoms with Crippen molar-refractivity contribution in [2.45, 2.75) is 6.92 Å². The molecule has 1 aliphatic rings. The summed E-state index contributed by atoms with van der Waals surface area (Å²) in [5.74, 6) is -1.50. The number of amides is 2. The van der Waals surface area contributed by atoms with Crippen molar-refractivity contribution < 1.29 is 24.2 Å². The van der Waals surface area contributed by atoms with Crippen LogP contribution in [0.15, 0.2) is 42.5 Å². The summed E-state index contributed by atoms with van der Waals surface area (Å²) < 4.78 is 5.33. The Morgan fingerprint density at radius 1 is 1.04 bits per heavy atom. The fourth-order valence-corrected chi connectivity index (χ4v) is 2.47. The summed E-state index contributed by atoms with van der Waals surface area (Å²) in [5, 5.41) is 9.01. The van der Waals surface area contributed by atoms with E-state index in [0.29, 0.717) is 18.0 Å². The van der Waals surface area contributed by atoms with Crippen LogP contribution in [0.5, 0.6) is 5.75 Å². The van der Waals surface area contributed by atoms with Gasteiger partial charge >= 0.3 is 5.97 Å². The number of aromatic carboxylic acids is 1. The summed E-state index contributed by atoms with van der Waals surface area (Å²) in [6.07, 6.45) is 0. The summed E-state index contributed by atoms with van der Waals surface area (Å²) in [6, 6.07) is 10.5. The molecule has 2 aromatic carbocycles. The fourth-order valence-electron chi connectivity index (χ4n) is 2.47. The van der Waals surface area contributed by atoms with E-state index < -0.39 is 17.8 Å². The number of anilines is 1. The molecule has 1 aliphatic heterocycles. The SMILES string of the molecule is CCOc1ccc(N2C(=O)c3ccc(C(=O)O)cc3C2=O)cc1. The van der Waals surface area contributed by atoms with Gasteiger partial charge in [-0.25, -0.2) is 9.69 Å². The van der Waals surface area contributed by atoms with Gasteiger partial charge in [0.25, 0.3) is 11.8 Å². The molecule has 0 fully saturated rings. The predicted octanol–water partition coefficient (Wildman–Crippen LogP) is 2.58. The van der Waals surface area contributed by atoms with Gasteiger partial charge in [-0.2, -0.15) is 0 Å². The minimum absolute atomic E-state index is 0.0292. The Balaban J connectivity index is 1.98. The highest BCUT2D eigenvalue weighted by Gasteiger charge is 2.37. The molecule has 0 bridgehead atoms. The third-order valence-electron chi connectivity index (χ3n) is 3.54. The van der Waals surface area contributed by atoms with Crippen LogP contribution in [0.2, 0.25) is 0 Å². The number of hydrogen-bond donors (Lipinski definition) is 1. The molecule has 3 rings (SSSR count). The monoisotopic (exact) mass is 311 g/mol. The topological polar surface area (TPSA) is 83.9 Å². The number of carbonyl (C=O) groups is 3. The van der Waals surface area contributed by atoms with Gasteiger partial charge in [0.15, 0.2) is 0 Å². The first-order valence-electron chi connectivity index (χ1n) is 7.02. The van der Waals surface area contributed by atoms with Crippen LogP contribution in [0, 0.1) is 0 Å². The molecule has 6 heteroatoms. The summed E-state index contributed by atoms with van der Waals surface area (Å²) in [5.41, 5.74) is 0.688. The van der Waals surface area contributed by atoms with Gasteiger partial charge in [-0.15, -0.1) is 0 Å². The molecular weight excluding hydrogens is 298 g/mol. The fraction of sp³-hybridized carbons (Fsp3) is 0.118. The van der Waals surface area contributed by atoms with Crippen LogP contribution < -0.4 is 9.64 Å². The third-order valence-corrected chi connectivity index (χ3v) is 3.54. The van der Waals surface area contributed by atoms with Crippen LogP contribution >= 0.6 is 0 Å². The van der Waals surface area contributed by atoms with Crippen molar-refractivity contribution in [1.82, 2.24) is 0 Å². The number of imide groups is 1. The number of carbonyl (C=O) groups excluding carboxylic acids is 2. The molecule has 0 unspecified atom stereocenters. The van der Waals surface area contributed by atoms with Gasteiger partial charge in [-0.1, -0.05) is 0 Å². The number of benzene rings is 2. The maximum absolute atomic E-state index is 12.5. The average molecular weight is 311 g/mol. The normalized spacial score (nSPS) is 13.2. The second-order valence-corrected chi connectivity index (χ2v) is 4.94. The Morgan fingerprint density at radius 3 is 2.30 bits per heavy atom. The first-order valence-corrected chi connectivity index (χ1v) is 7.02. The molecule has 1 heterocycles. The van der Waals surface area contributed by atoms with E-state index in [2.05, 4.69) is 0 Å². The molecule has 116 valence electrons. The molecule has 0 saturated carbocycles. The largest absolute Gasteiger partial charge is 0.494 e. The van der Waals surface area contributed by atoms with Crippen molar-refractivity contribution in [3.05, 3.63) is 59.2 Å². The zero-order chi connectivity index (χ0) is 16.6. The van der Waals surface area contributed by atoms with Crippen LogP contribution in [-0.4, -0.2) is 29.5 Å². The van der Waals surface area contributed by atoms with Gasteiger partial charge in [0.2, 0.25) is 0 Å². The molecule has 0 aliphatic carbocycles. The molecule has 23 heavy (non-hydrogen) atoms. The Hall–Kier alpha value is -3.15. The number of ether oxygens (including phenoxy) is 1. The van der Waals surface area contributed by atoms with E-state index in [1.165, 1.54) is 18.2 Å². The Kier molecular flexibility index (Phi) is 3.57. The molecule has 0 spiro atoms. The molecule has 0 atom stereocenters. The maximum Gasteiger partial charge on any atom is 0.335 e. The maximum atomic E-state index is 12.5. The zero-order valence-corrected chi connectivity index (χ0v) is 12.3. The van der Waals surface area contributed by atoms with Crippen molar-refractivity contribution >= 4 is 23.5 Å². The van der Waals surface area contributed by atoms with E-state index in [0.717, 1.165) is 4.90 Å². The average Bonchev–Trinajstić information content (AvgIpc) is 2.80. The highest BCUT2D eigenvalue weighted by molar-refractivity contribution is 6.34. The summed E-state index contributed by atoms with van der Waals surface area (Å²) in [7, 11) is 0. The Labute approximate surface area is 131 Å². The van der Waals surface area contributed by atoms with E-state index in [9.17, 15) is 14.4 Å². The standard InChI is InChI=1S/C17H13NO5/c1-2-23-12-6-4-11(5-7-12)18-15(19)13-8-3-10(17(21)22)9-14(13)16(18)20/h3-9H,2H2,1H3,(H,21,22). The number of carboxylic acids is 1. The molecule has 0 radical (unpaired) electrons. The van der Waals surface area contributed by atoms with Crippen molar-refractivity contribution in [3.63, 3.8) is 0 Å². The highest BCUT2D eigenvalue weighted by atomic mass is 16.5. The first-order chi connectivity index (χ1) is 11.0. The van der Waals surface area contributed by atoms with Crippen molar-refractivity contribution in [2.24, 2.45) is 0 Å². The summed E-state index contributed by atoms with van der Waals surface area (Å²) in [6.45, 7) is 2.38. The predicted molar refractivity (Wildman–Crippen MR) is 82.2 cm³/mol. The minimum atomic E-state index is -1.15. The van der Waals surface area contributed by atoms with Crippen LogP contribution in [-0.2, 0) is 0 Å². The molecule has 0 saturated heterocycles. The quantitative estimate of drug-likeness (QED) is 0.877. The number of hydrogen-bond acceptors (Lipinski definition) is 4. The molecule has 0 aromatic heterocycles. The first kappa shape index (κ1) is 14.8. The van der Waals surface area contributed by atoms with Crippen LogP contribution in [0.25, 0.3) is 0 Å². The Bertz CT molecular complexity index is 810. The second kappa shape index (κ2) is 5.57. The van der Waals surface area contributed by atoms with Gasteiger partial charge in [-0.05, 0) is 49.4 Å². The Morgan fingerprint density at radius 2 is 1.70 bits per heavy atom. The number of rotatable bonds is 4. The highest BCUT2D eigenvalue weighted by Crippen LogP contribution is 2.30. The van der Waals surface area contributed by atoms with Crippen molar-refractivity contribution in [1.29, 1.82) is 0 Å². The van der Waals surface area contributed by atoms with E-state index >= 15 is 0 Å². The molecular formula is C17H13NO5. The van der Waals surface area contributed by atoms with Crippen molar-refractivity contribution in [3.8, 4) is 5.75 Å². The lowest BCUT2D eigenvalue weighted by Crippen LogP contribution is -2.29. The van der Waals surface area contributed by atoms with Gasteiger partial charge < -0.3 is 9.84 Å². The van der Waals surface area contributed by atoms with E-state index in [4.69, 9.17) is 9.84 Å². The molecule has 2 amide bonds. The minimum Gasteiger partial charge on any atom is -0.494 e. The van der Waals surface area contributed by atoms with E-state index in [-0.39, 0.29) is 16.7 Å². The van der Waals surface area contributed by atoms with Gasteiger partial charge in [0, 0.05) is 0 Å². The zero-order valence-electron chi connectivity index (χ0n) is 12.3. The summed E-state index contributed by atoms with van der Waals surface area (Å²) >= 11 is 0. The van der Waals surface area contributed by atoms with Gasteiger partial charge in [0.1, 0.15) is 5.75 Å². The molecule has 2 aromatic rings. The van der Waals surface area contributed by atoms with Gasteiger partial charge in [0.05, 0.1) is 29.0 Å². The summed E-state index contributed by atoms with van der Waals surface area (Å²) in [4.78, 5) is 36.9. The van der Waals surface area contributed by atoms with E-state index in [1.807, 2.05) is 6.92 Å². The van der Waals surface area contributed by atoms with Gasteiger partial charge in [-0.3, -0.25) is 9.59 Å². The number of fused-ring (bicyclic) bond motifs is 1. The lowest BCUT2D eigenvalue weighted by Gasteiger charge is -2.14. The third kappa shape index (κ3) is 2.44. The lowest BCUT2D eigenvalue weighted by molar-refractivity contribution is 0.0696. The van der Waals surface area contributed by atoms with Crippen LogP contribution in [0.3, 0.4) is 0 Å². The second-order valence-electron chi connectivity index (χ2n) is 4.94. The smallest absolute Gasteiger partial charge is 0.335 e. The lowest BCUT2D eigenvalue weighted by atomic mass is 10.1. The molecule has 6 nitrogen and oxygen atoms in total. The van der Waals surface area contributed by atoms with Crippen LogP contribution in [0.1, 0.15) is 38.0 Å². The number of carboxylic acid groups (broad SMARTS) is 1. The van der Waals surface area contributed by atoms with Crippen molar-refractivity contribution in [2.75, 3.05) is 11.5 Å². The molecule has 1 N–H and O–H groups in total. The van der Waals surface area contributed by atoms with Crippen LogP contribution in [0.4, 0.5) is 5.69 Å².